The van der Waals surface area contributed by atoms with Crippen LogP contribution in [-0.4, -0.2) is 23.0 Å². The van der Waals surface area contributed by atoms with E-state index in [2.05, 4.69) is 28.9 Å². The van der Waals surface area contributed by atoms with Crippen LogP contribution in [0.15, 0.2) is 30.5 Å². The maximum absolute atomic E-state index is 5.76. The summed E-state index contributed by atoms with van der Waals surface area (Å²) in [4.78, 5) is 7.94. The van der Waals surface area contributed by atoms with Crippen LogP contribution < -0.4 is 10.5 Å². The van der Waals surface area contributed by atoms with Crippen molar-refractivity contribution in [1.82, 2.24) is 9.88 Å². The third-order valence-corrected chi connectivity index (χ3v) is 5.17. The predicted molar refractivity (Wildman–Crippen MR) is 98.2 cm³/mol. The number of thiazole rings is 1. The third-order valence-electron chi connectivity index (χ3n) is 4.36. The molecule has 1 aliphatic carbocycles. The Balaban J connectivity index is 0.00000192. The SMILES string of the molecule is COc1ccc(CN(Cc2cnc(N)s2)C(C)C2CC2)cc1.Cl. The number of rotatable bonds is 7. The van der Waals surface area contributed by atoms with Gasteiger partial charge in [-0.1, -0.05) is 12.1 Å². The molecule has 0 radical (unpaired) electrons. The second-order valence-corrected chi connectivity index (χ2v) is 7.14. The summed E-state index contributed by atoms with van der Waals surface area (Å²) in [5, 5.41) is 0.651. The normalized spacial score (nSPS) is 15.3. The van der Waals surface area contributed by atoms with Crippen molar-refractivity contribution in [1.29, 1.82) is 0 Å². The fraction of sp³-hybridized carbons (Fsp3) is 0.471. The van der Waals surface area contributed by atoms with Gasteiger partial charge in [0.15, 0.2) is 5.13 Å². The predicted octanol–water partition coefficient (Wildman–Crippen LogP) is 3.96. The first-order valence-electron chi connectivity index (χ1n) is 7.73. The summed E-state index contributed by atoms with van der Waals surface area (Å²) >= 11 is 1.59. The van der Waals surface area contributed by atoms with Crippen molar-refractivity contribution in [3.8, 4) is 5.75 Å². The molecule has 2 N–H and O–H groups in total. The molecule has 3 rings (SSSR count). The van der Waals surface area contributed by atoms with E-state index in [1.807, 2.05) is 18.3 Å². The molecule has 1 saturated carbocycles. The number of nitrogens with two attached hydrogens (primary N) is 1. The van der Waals surface area contributed by atoms with E-state index in [1.165, 1.54) is 23.3 Å². The number of hydrogen-bond donors (Lipinski definition) is 1. The lowest BCUT2D eigenvalue weighted by atomic mass is 10.1. The zero-order chi connectivity index (χ0) is 15.5. The first-order valence-corrected chi connectivity index (χ1v) is 8.54. The van der Waals surface area contributed by atoms with Gasteiger partial charge in [-0.15, -0.1) is 23.7 Å². The van der Waals surface area contributed by atoms with Gasteiger partial charge in [0.1, 0.15) is 5.75 Å². The molecule has 1 atom stereocenters. The highest BCUT2D eigenvalue weighted by atomic mass is 35.5. The Labute approximate surface area is 148 Å². The van der Waals surface area contributed by atoms with Gasteiger partial charge < -0.3 is 10.5 Å². The number of halogens is 1. The van der Waals surface area contributed by atoms with E-state index in [1.54, 1.807) is 18.4 Å². The molecular weight excluding hydrogens is 330 g/mol. The van der Waals surface area contributed by atoms with Crippen LogP contribution in [-0.2, 0) is 13.1 Å². The number of nitrogen functional groups attached to an aromatic ring is 1. The van der Waals surface area contributed by atoms with E-state index in [-0.39, 0.29) is 12.4 Å². The molecule has 0 spiro atoms. The van der Waals surface area contributed by atoms with Crippen molar-refractivity contribution < 1.29 is 4.74 Å². The van der Waals surface area contributed by atoms with Crippen LogP contribution in [0.25, 0.3) is 0 Å². The quantitative estimate of drug-likeness (QED) is 0.818. The Kier molecular flexibility index (Phi) is 6.27. The average Bonchev–Trinajstić information content (AvgIpc) is 3.30. The minimum absolute atomic E-state index is 0. The largest absolute Gasteiger partial charge is 0.497 e. The van der Waals surface area contributed by atoms with Crippen molar-refractivity contribution in [2.75, 3.05) is 12.8 Å². The van der Waals surface area contributed by atoms with E-state index in [0.717, 1.165) is 24.8 Å². The van der Waals surface area contributed by atoms with Crippen molar-refractivity contribution in [3.05, 3.63) is 40.9 Å². The fourth-order valence-corrected chi connectivity index (χ4v) is 3.49. The minimum atomic E-state index is 0. The number of aromatic nitrogens is 1. The molecule has 0 aliphatic heterocycles. The maximum atomic E-state index is 5.76. The molecule has 126 valence electrons. The summed E-state index contributed by atoms with van der Waals surface area (Å²) in [6.45, 7) is 4.20. The maximum Gasteiger partial charge on any atom is 0.180 e. The van der Waals surface area contributed by atoms with E-state index in [0.29, 0.717) is 11.2 Å². The lowest BCUT2D eigenvalue weighted by molar-refractivity contribution is 0.173. The Bertz CT molecular complexity index is 613. The van der Waals surface area contributed by atoms with Crippen molar-refractivity contribution in [3.63, 3.8) is 0 Å². The van der Waals surface area contributed by atoms with Gasteiger partial charge in [0.25, 0.3) is 0 Å². The van der Waals surface area contributed by atoms with Gasteiger partial charge in [0.2, 0.25) is 0 Å². The molecular formula is C17H24ClN3OS. The topological polar surface area (TPSA) is 51.4 Å². The van der Waals surface area contributed by atoms with Gasteiger partial charge in [0, 0.05) is 30.2 Å². The van der Waals surface area contributed by atoms with E-state index >= 15 is 0 Å². The van der Waals surface area contributed by atoms with Crippen molar-refractivity contribution >= 4 is 28.9 Å². The van der Waals surface area contributed by atoms with E-state index < -0.39 is 0 Å². The molecule has 1 aromatic heterocycles. The molecule has 23 heavy (non-hydrogen) atoms. The number of benzene rings is 1. The standard InChI is InChI=1S/C17H23N3OS.ClH/c1-12(14-5-6-14)20(11-16-9-19-17(18)22-16)10-13-3-7-15(21-2)8-4-13;/h3-4,7-9,12,14H,5-6,10-11H2,1-2H3,(H2,18,19);1H. The second kappa shape index (κ2) is 7.99. The monoisotopic (exact) mass is 353 g/mol. The van der Waals surface area contributed by atoms with Gasteiger partial charge in [-0.2, -0.15) is 0 Å². The Morgan fingerprint density at radius 1 is 1.30 bits per heavy atom. The Morgan fingerprint density at radius 2 is 2.00 bits per heavy atom. The van der Waals surface area contributed by atoms with Crippen LogP contribution in [0.4, 0.5) is 5.13 Å². The molecule has 6 heteroatoms. The molecule has 0 amide bonds. The zero-order valence-electron chi connectivity index (χ0n) is 13.6. The summed E-state index contributed by atoms with van der Waals surface area (Å²) in [6.07, 6.45) is 4.61. The summed E-state index contributed by atoms with van der Waals surface area (Å²) in [7, 11) is 1.70. The van der Waals surface area contributed by atoms with E-state index in [4.69, 9.17) is 10.5 Å². The van der Waals surface area contributed by atoms with Crippen molar-refractivity contribution in [2.24, 2.45) is 5.92 Å². The minimum Gasteiger partial charge on any atom is -0.497 e. The Morgan fingerprint density at radius 3 is 2.52 bits per heavy atom. The van der Waals surface area contributed by atoms with Crippen LogP contribution in [0.5, 0.6) is 5.75 Å². The molecule has 0 bridgehead atoms. The highest BCUT2D eigenvalue weighted by molar-refractivity contribution is 7.15. The number of ether oxygens (including phenoxy) is 1. The Hall–Kier alpha value is -1.30. The first-order chi connectivity index (χ1) is 10.7. The molecule has 1 heterocycles. The highest BCUT2D eigenvalue weighted by Crippen LogP contribution is 2.36. The average molecular weight is 354 g/mol. The number of methoxy groups -OCH3 is 1. The van der Waals surface area contributed by atoms with Crippen LogP contribution in [0.1, 0.15) is 30.2 Å². The molecule has 4 nitrogen and oxygen atoms in total. The second-order valence-electron chi connectivity index (χ2n) is 6.00. The number of hydrogen-bond acceptors (Lipinski definition) is 5. The van der Waals surface area contributed by atoms with Crippen LogP contribution in [0.2, 0.25) is 0 Å². The van der Waals surface area contributed by atoms with Gasteiger partial charge in [-0.05, 0) is 43.4 Å². The molecule has 1 aromatic carbocycles. The molecule has 1 aliphatic rings. The summed E-state index contributed by atoms with van der Waals surface area (Å²) in [5.74, 6) is 1.74. The van der Waals surface area contributed by atoms with Crippen molar-refractivity contribution in [2.45, 2.75) is 38.9 Å². The van der Waals surface area contributed by atoms with E-state index in [9.17, 15) is 0 Å². The number of nitrogens with zero attached hydrogens (tertiary/aromatic N) is 2. The van der Waals surface area contributed by atoms with Gasteiger partial charge in [-0.3, -0.25) is 4.90 Å². The summed E-state index contributed by atoms with van der Waals surface area (Å²) < 4.78 is 5.23. The zero-order valence-corrected chi connectivity index (χ0v) is 15.2. The smallest absolute Gasteiger partial charge is 0.180 e. The van der Waals surface area contributed by atoms with Gasteiger partial charge >= 0.3 is 0 Å². The molecule has 2 aromatic rings. The molecule has 1 fully saturated rings. The first kappa shape index (κ1) is 18.0. The highest BCUT2D eigenvalue weighted by Gasteiger charge is 2.32. The van der Waals surface area contributed by atoms with Gasteiger partial charge in [0.05, 0.1) is 7.11 Å². The van der Waals surface area contributed by atoms with Crippen LogP contribution in [0, 0.1) is 5.92 Å². The number of anilines is 1. The van der Waals surface area contributed by atoms with Crippen LogP contribution >= 0.6 is 23.7 Å². The molecule has 0 saturated heterocycles. The third kappa shape index (κ3) is 4.83. The lowest BCUT2D eigenvalue weighted by Gasteiger charge is -2.28. The lowest BCUT2D eigenvalue weighted by Crippen LogP contribution is -2.33. The summed E-state index contributed by atoms with van der Waals surface area (Å²) in [5.41, 5.74) is 7.07. The van der Waals surface area contributed by atoms with Crippen LogP contribution in [0.3, 0.4) is 0 Å². The fourth-order valence-electron chi connectivity index (χ4n) is 2.78. The van der Waals surface area contributed by atoms with Gasteiger partial charge in [-0.25, -0.2) is 4.98 Å². The molecule has 1 unspecified atom stereocenters. The summed E-state index contributed by atoms with van der Waals surface area (Å²) in [6, 6.07) is 8.93.